The molecule has 0 fully saturated rings. The molecule has 2 N–H and O–H groups in total. The predicted molar refractivity (Wildman–Crippen MR) is 83.8 cm³/mol. The summed E-state index contributed by atoms with van der Waals surface area (Å²) in [6, 6.07) is 7.15. The highest BCUT2D eigenvalue weighted by Crippen LogP contribution is 2.18. The molecule has 2 rings (SSSR count). The van der Waals surface area contributed by atoms with Gasteiger partial charge in [0.15, 0.2) is 0 Å². The summed E-state index contributed by atoms with van der Waals surface area (Å²) in [5.41, 5.74) is 1.55. The third-order valence-corrected chi connectivity index (χ3v) is 3.39. The number of benzene rings is 1. The second-order valence-corrected chi connectivity index (χ2v) is 5.35. The molecule has 1 atom stereocenters. The van der Waals surface area contributed by atoms with Crippen molar-refractivity contribution in [2.45, 2.75) is 25.9 Å². The number of hydrogen-bond acceptors (Lipinski definition) is 4. The van der Waals surface area contributed by atoms with Crippen LogP contribution in [0.4, 0.5) is 0 Å². The molecule has 1 aromatic carbocycles. The molecule has 0 aromatic heterocycles. The SMILES string of the molecule is CCCNC(=O)CNC(=O)[C@@H]1CC(c2ccc(Cl)cc2)=NO1. The number of oxime groups is 1. The topological polar surface area (TPSA) is 79.8 Å². The number of halogens is 1. The standard InChI is InChI=1S/C15H18ClN3O3/c1-2-7-17-14(20)9-18-15(21)13-8-12(19-22-13)10-3-5-11(16)6-4-10/h3-6,13H,2,7-9H2,1H3,(H,17,20)(H,18,21)/t13-/m0/s1. The lowest BCUT2D eigenvalue weighted by atomic mass is 10.0. The molecule has 0 bridgehead atoms. The molecule has 2 amide bonds. The van der Waals surface area contributed by atoms with Crippen LogP contribution in [-0.2, 0) is 14.4 Å². The lowest BCUT2D eigenvalue weighted by Crippen LogP contribution is -2.41. The van der Waals surface area contributed by atoms with E-state index in [1.165, 1.54) is 0 Å². The van der Waals surface area contributed by atoms with Gasteiger partial charge in [0.25, 0.3) is 5.91 Å². The third kappa shape index (κ3) is 4.46. The number of rotatable bonds is 6. The van der Waals surface area contributed by atoms with Gasteiger partial charge in [0, 0.05) is 18.0 Å². The maximum Gasteiger partial charge on any atom is 0.264 e. The molecular weight excluding hydrogens is 306 g/mol. The Kier molecular flexibility index (Phi) is 5.77. The van der Waals surface area contributed by atoms with Gasteiger partial charge in [-0.15, -0.1) is 0 Å². The van der Waals surface area contributed by atoms with Gasteiger partial charge in [0.05, 0.1) is 12.3 Å². The fourth-order valence-corrected chi connectivity index (χ4v) is 2.06. The fraction of sp³-hybridized carbons (Fsp3) is 0.400. The largest absolute Gasteiger partial charge is 0.382 e. The fourth-order valence-electron chi connectivity index (χ4n) is 1.94. The molecule has 22 heavy (non-hydrogen) atoms. The summed E-state index contributed by atoms with van der Waals surface area (Å²) in [5.74, 6) is -0.564. The molecule has 0 aliphatic carbocycles. The lowest BCUT2D eigenvalue weighted by molar-refractivity contribution is -0.133. The summed E-state index contributed by atoms with van der Waals surface area (Å²) in [6.07, 6.45) is 0.512. The zero-order valence-electron chi connectivity index (χ0n) is 12.3. The number of hydrogen-bond donors (Lipinski definition) is 2. The van der Waals surface area contributed by atoms with E-state index in [1.54, 1.807) is 12.1 Å². The molecule has 0 unspecified atom stereocenters. The van der Waals surface area contributed by atoms with E-state index in [0.717, 1.165) is 12.0 Å². The second-order valence-electron chi connectivity index (χ2n) is 4.91. The normalized spacial score (nSPS) is 16.6. The van der Waals surface area contributed by atoms with E-state index >= 15 is 0 Å². The van der Waals surface area contributed by atoms with E-state index in [2.05, 4.69) is 15.8 Å². The van der Waals surface area contributed by atoms with Crippen molar-refractivity contribution in [3.05, 3.63) is 34.9 Å². The van der Waals surface area contributed by atoms with Crippen LogP contribution in [0.15, 0.2) is 29.4 Å². The van der Waals surface area contributed by atoms with E-state index in [0.29, 0.717) is 23.7 Å². The number of nitrogens with zero attached hydrogens (tertiary/aromatic N) is 1. The third-order valence-electron chi connectivity index (χ3n) is 3.13. The average Bonchev–Trinajstić information content (AvgIpc) is 3.01. The Hall–Kier alpha value is -2.08. The van der Waals surface area contributed by atoms with E-state index in [1.807, 2.05) is 19.1 Å². The smallest absolute Gasteiger partial charge is 0.264 e. The van der Waals surface area contributed by atoms with Crippen LogP contribution in [0.5, 0.6) is 0 Å². The molecule has 0 saturated heterocycles. The maximum absolute atomic E-state index is 11.9. The second kappa shape index (κ2) is 7.79. The van der Waals surface area contributed by atoms with Crippen molar-refractivity contribution in [3.8, 4) is 0 Å². The first kappa shape index (κ1) is 16.3. The van der Waals surface area contributed by atoms with Gasteiger partial charge in [-0.05, 0) is 24.1 Å². The summed E-state index contributed by atoms with van der Waals surface area (Å²) in [5, 5.41) is 9.79. The number of amides is 2. The minimum absolute atomic E-state index is 0.0605. The molecule has 0 spiro atoms. The summed E-state index contributed by atoms with van der Waals surface area (Å²) < 4.78 is 0. The molecule has 6 nitrogen and oxygen atoms in total. The van der Waals surface area contributed by atoms with Gasteiger partial charge in [-0.25, -0.2) is 0 Å². The Morgan fingerprint density at radius 1 is 1.32 bits per heavy atom. The Bertz CT molecular complexity index is 572. The highest BCUT2D eigenvalue weighted by Gasteiger charge is 2.28. The van der Waals surface area contributed by atoms with Crippen molar-refractivity contribution in [2.24, 2.45) is 5.16 Å². The summed E-state index contributed by atoms with van der Waals surface area (Å²) in [4.78, 5) is 28.5. The minimum Gasteiger partial charge on any atom is -0.382 e. The van der Waals surface area contributed by atoms with E-state index in [9.17, 15) is 9.59 Å². The van der Waals surface area contributed by atoms with Gasteiger partial charge in [-0.1, -0.05) is 35.8 Å². The van der Waals surface area contributed by atoms with Gasteiger partial charge in [-0.2, -0.15) is 0 Å². The average molecular weight is 324 g/mol. The minimum atomic E-state index is -0.704. The first-order chi connectivity index (χ1) is 10.6. The molecule has 7 heteroatoms. The molecule has 118 valence electrons. The van der Waals surface area contributed by atoms with Crippen molar-refractivity contribution in [1.29, 1.82) is 0 Å². The van der Waals surface area contributed by atoms with Crippen molar-refractivity contribution in [1.82, 2.24) is 10.6 Å². The summed E-state index contributed by atoms with van der Waals surface area (Å²) >= 11 is 5.83. The Morgan fingerprint density at radius 2 is 2.05 bits per heavy atom. The van der Waals surface area contributed by atoms with E-state index in [4.69, 9.17) is 16.4 Å². The van der Waals surface area contributed by atoms with Crippen LogP contribution >= 0.6 is 11.6 Å². The number of carbonyl (C=O) groups excluding carboxylic acids is 2. The Balaban J connectivity index is 1.80. The Labute approximate surface area is 133 Å². The first-order valence-corrected chi connectivity index (χ1v) is 7.51. The van der Waals surface area contributed by atoms with Crippen LogP contribution in [0.3, 0.4) is 0 Å². The van der Waals surface area contributed by atoms with Crippen LogP contribution < -0.4 is 10.6 Å². The summed E-state index contributed by atoms with van der Waals surface area (Å²) in [7, 11) is 0. The van der Waals surface area contributed by atoms with E-state index < -0.39 is 6.10 Å². The van der Waals surface area contributed by atoms with Gasteiger partial charge < -0.3 is 15.5 Å². The molecule has 1 aliphatic rings. The van der Waals surface area contributed by atoms with Gasteiger partial charge in [0.1, 0.15) is 0 Å². The molecule has 1 heterocycles. The van der Waals surface area contributed by atoms with Crippen LogP contribution in [-0.4, -0.2) is 36.7 Å². The highest BCUT2D eigenvalue weighted by molar-refractivity contribution is 6.30. The van der Waals surface area contributed by atoms with E-state index in [-0.39, 0.29) is 18.4 Å². The van der Waals surface area contributed by atoms with Crippen LogP contribution in [0.1, 0.15) is 25.3 Å². The van der Waals surface area contributed by atoms with Crippen molar-refractivity contribution in [3.63, 3.8) is 0 Å². The molecular formula is C15H18ClN3O3. The van der Waals surface area contributed by atoms with Gasteiger partial charge in [0.2, 0.25) is 12.0 Å². The molecule has 0 saturated carbocycles. The Morgan fingerprint density at radius 3 is 2.73 bits per heavy atom. The molecule has 1 aromatic rings. The molecule has 0 radical (unpaired) electrons. The van der Waals surface area contributed by atoms with Gasteiger partial charge >= 0.3 is 0 Å². The summed E-state index contributed by atoms with van der Waals surface area (Å²) in [6.45, 7) is 2.49. The first-order valence-electron chi connectivity index (χ1n) is 7.13. The number of carbonyl (C=O) groups is 2. The van der Waals surface area contributed by atoms with Crippen LogP contribution in [0.2, 0.25) is 5.02 Å². The maximum atomic E-state index is 11.9. The highest BCUT2D eigenvalue weighted by atomic mass is 35.5. The lowest BCUT2D eigenvalue weighted by Gasteiger charge is -2.09. The van der Waals surface area contributed by atoms with Crippen molar-refractivity contribution in [2.75, 3.05) is 13.1 Å². The predicted octanol–water partition coefficient (Wildman–Crippen LogP) is 1.48. The van der Waals surface area contributed by atoms with Crippen molar-refractivity contribution < 1.29 is 14.4 Å². The number of nitrogens with one attached hydrogen (secondary N) is 2. The quantitative estimate of drug-likeness (QED) is 0.832. The van der Waals surface area contributed by atoms with Crippen LogP contribution in [0, 0.1) is 0 Å². The van der Waals surface area contributed by atoms with Crippen molar-refractivity contribution >= 4 is 29.1 Å². The van der Waals surface area contributed by atoms with Gasteiger partial charge in [-0.3, -0.25) is 9.59 Å². The molecule has 1 aliphatic heterocycles. The monoisotopic (exact) mass is 323 g/mol. The van der Waals surface area contributed by atoms with Crippen LogP contribution in [0.25, 0.3) is 0 Å². The zero-order valence-corrected chi connectivity index (χ0v) is 13.0. The zero-order chi connectivity index (χ0) is 15.9.